The Labute approximate surface area is 852 Å². The second-order valence-corrected chi connectivity index (χ2v) is 40.4. The molecule has 10 heterocycles. The van der Waals surface area contributed by atoms with Crippen molar-refractivity contribution in [3.8, 4) is 11.5 Å². The van der Waals surface area contributed by atoms with E-state index >= 15 is 0 Å². The van der Waals surface area contributed by atoms with Crippen molar-refractivity contribution in [3.63, 3.8) is 0 Å². The topological polar surface area (TPSA) is 403 Å². The van der Waals surface area contributed by atoms with Gasteiger partial charge in [-0.05, 0) is 87.4 Å². The first-order chi connectivity index (χ1) is 68.1. The number of carbonyl (C=O) groups excluding carboxylic acids is 5. The lowest BCUT2D eigenvalue weighted by Crippen LogP contribution is -2.36. The number of aliphatic imine (C=N–C) groups is 2. The van der Waals surface area contributed by atoms with Crippen LogP contribution in [-0.4, -0.2) is 176 Å². The van der Waals surface area contributed by atoms with Crippen LogP contribution in [0.1, 0.15) is 192 Å². The van der Waals surface area contributed by atoms with Gasteiger partial charge < -0.3 is 61.1 Å². The molecule has 5 atom stereocenters. The average Bonchev–Trinajstić information content (AvgIpc) is 1.39. The fourth-order valence-corrected chi connectivity index (χ4v) is 19.1. The van der Waals surface area contributed by atoms with Crippen LogP contribution in [0.5, 0.6) is 11.5 Å². The zero-order valence-corrected chi connectivity index (χ0v) is 86.4. The van der Waals surface area contributed by atoms with Crippen molar-refractivity contribution in [1.29, 1.82) is 0 Å². The second-order valence-electron chi connectivity index (χ2n) is 37.3. The van der Waals surface area contributed by atoms with E-state index in [-0.39, 0.29) is 76.3 Å². The molecule has 0 saturated carbocycles. The van der Waals surface area contributed by atoms with Gasteiger partial charge in [-0.3, -0.25) is 29.5 Å². The molecule has 4 N–H and O–H groups in total. The van der Waals surface area contributed by atoms with Crippen LogP contribution in [0.25, 0.3) is 55.5 Å². The number of aromatic nitrogens is 5. The fraction of sp³-hybridized carbons (Fsp3) is 0.359. The fourth-order valence-electron chi connectivity index (χ4n) is 17.4. The third-order valence-electron chi connectivity index (χ3n) is 23.2. The van der Waals surface area contributed by atoms with Gasteiger partial charge >= 0.3 is 33.9 Å². The Morgan fingerprint density at radius 1 is 0.417 bits per heavy atom. The number of oxazole rings is 5. The number of nitrogen functional groups attached to an aromatic ring is 1. The Hall–Kier alpha value is -13.1. The van der Waals surface area contributed by atoms with Crippen molar-refractivity contribution in [2.24, 2.45) is 9.98 Å². The first-order valence-electron chi connectivity index (χ1n) is 45.8. The Bertz CT molecular complexity index is 7270. The van der Waals surface area contributed by atoms with Crippen molar-refractivity contribution >= 4 is 211 Å². The molecular weight excluding hydrogens is 1990 g/mol. The molecule has 5 aliphatic heterocycles. The average molecular weight is 2100 g/mol. The van der Waals surface area contributed by atoms with Crippen LogP contribution >= 0.6 is 58.0 Å². The number of nitrogens with two attached hydrogens (primary N) is 1. The Kier molecular flexibility index (Phi) is 32.2. The van der Waals surface area contributed by atoms with E-state index in [0.717, 1.165) is 89.3 Å². The molecule has 41 heteroatoms. The number of rotatable bonds is 14. The number of halogens is 8. The normalized spacial score (nSPS) is 16.2. The molecule has 5 unspecified atom stereocenters. The number of phenolic OH excluding ortho intramolecular Hbond substituents is 1. The van der Waals surface area contributed by atoms with Gasteiger partial charge in [0.05, 0.1) is 52.2 Å². The molecular formula is C103H107Cl5F3N13O19S. The third kappa shape index (κ3) is 23.0. The summed E-state index contributed by atoms with van der Waals surface area (Å²) in [4.78, 5) is 106. The molecule has 9 aromatic carbocycles. The summed E-state index contributed by atoms with van der Waals surface area (Å²) in [5.41, 5.74) is 17.1. The van der Waals surface area contributed by atoms with Crippen LogP contribution < -0.4 is 34.4 Å². The summed E-state index contributed by atoms with van der Waals surface area (Å²) >= 11 is 30.8. The molecule has 0 aliphatic carbocycles. The molecule has 0 bridgehead atoms. The van der Waals surface area contributed by atoms with Gasteiger partial charge in [-0.15, -0.1) is 58.0 Å². The summed E-state index contributed by atoms with van der Waals surface area (Å²) in [6.07, 6.45) is -1.66. The first kappa shape index (κ1) is 107. The Morgan fingerprint density at radius 3 is 0.972 bits per heavy atom. The molecule has 19 rings (SSSR count). The maximum Gasteiger partial charge on any atom is 0.534 e. The molecule has 5 aromatic heterocycles. The lowest BCUT2D eigenvalue weighted by atomic mass is 10.00. The van der Waals surface area contributed by atoms with Crippen LogP contribution in [0, 0.1) is 34.6 Å². The van der Waals surface area contributed by atoms with Crippen molar-refractivity contribution in [2.75, 3.05) is 99.0 Å². The van der Waals surface area contributed by atoms with E-state index in [4.69, 9.17) is 120 Å². The van der Waals surface area contributed by atoms with Crippen LogP contribution in [0.4, 0.5) is 73.1 Å². The maximum absolute atomic E-state index is 13.2. The molecule has 5 amide bonds. The summed E-state index contributed by atoms with van der Waals surface area (Å²) in [5, 5.41) is 17.6. The van der Waals surface area contributed by atoms with E-state index < -0.39 is 62.4 Å². The second kappa shape index (κ2) is 43.5. The van der Waals surface area contributed by atoms with Gasteiger partial charge in [0.2, 0.25) is 11.8 Å². The quantitative estimate of drug-likeness (QED) is 0.0133. The van der Waals surface area contributed by atoms with Gasteiger partial charge in [0.25, 0.3) is 0 Å². The summed E-state index contributed by atoms with van der Waals surface area (Å²) in [6.45, 7) is 31.6. The largest absolute Gasteiger partial charge is 0.534 e. The van der Waals surface area contributed by atoms with E-state index in [0.29, 0.717) is 147 Å². The van der Waals surface area contributed by atoms with Gasteiger partial charge in [0.15, 0.2) is 68.9 Å². The number of fused-ring (bicyclic) bond motifs is 15. The lowest BCUT2D eigenvalue weighted by molar-refractivity contribution is -0.237. The number of nitrogens with zero attached hydrogens (tertiary/aromatic N) is 12. The number of hydrogen-bond donors (Lipinski definition) is 3. The molecule has 0 radical (unpaired) electrons. The van der Waals surface area contributed by atoms with Crippen LogP contribution in [0.15, 0.2) is 184 Å². The van der Waals surface area contributed by atoms with Crippen molar-refractivity contribution in [3.05, 3.63) is 231 Å². The Balaban J connectivity index is 0.000000143. The zero-order valence-electron chi connectivity index (χ0n) is 81.8. The minimum Gasteiger partial charge on any atom is -0.504 e. The van der Waals surface area contributed by atoms with Gasteiger partial charge in [0, 0.05) is 202 Å². The molecule has 32 nitrogen and oxygen atoms in total. The number of carbonyl (C=O) groups is 5. The number of aryl methyl sites for hydroxylation is 5. The van der Waals surface area contributed by atoms with E-state index in [1.807, 2.05) is 189 Å². The number of phenols is 1. The minimum atomic E-state index is -5.98. The van der Waals surface area contributed by atoms with Gasteiger partial charge in [-0.2, -0.15) is 21.6 Å². The van der Waals surface area contributed by atoms with E-state index in [1.54, 1.807) is 69.2 Å². The number of alkyl halides is 8. The van der Waals surface area contributed by atoms with E-state index in [9.17, 15) is 50.7 Å². The van der Waals surface area contributed by atoms with Crippen LogP contribution in [0.2, 0.25) is 0 Å². The van der Waals surface area contributed by atoms with Gasteiger partial charge in [-0.25, -0.2) is 54.2 Å². The number of amides is 5. The van der Waals surface area contributed by atoms with Gasteiger partial charge in [-0.1, -0.05) is 121 Å². The predicted molar refractivity (Wildman–Crippen MR) is 550 cm³/mol. The Morgan fingerprint density at radius 2 is 0.674 bits per heavy atom. The highest BCUT2D eigenvalue weighted by Crippen LogP contribution is 2.53. The molecule has 5 aliphatic rings. The van der Waals surface area contributed by atoms with Crippen LogP contribution in [-0.2, 0) is 38.8 Å². The zero-order chi connectivity index (χ0) is 104. The number of anilines is 6. The molecule has 0 saturated heterocycles. The molecule has 14 aromatic rings. The van der Waals surface area contributed by atoms with E-state index in [2.05, 4.69) is 29.0 Å². The highest BCUT2D eigenvalue weighted by molar-refractivity contribution is 7.88. The monoisotopic (exact) mass is 2090 g/mol. The number of aromatic hydroxyl groups is 1. The molecule has 144 heavy (non-hydrogen) atoms. The maximum atomic E-state index is 13.2. The number of hydrogen-bond acceptors (Lipinski definition) is 27. The SMILES string of the molecule is CC(=O)N1CC(CCl)c2c1cc(N)c1oc(C)nc21.CC(=O)N1CC(CCl)c2c1cc(N=C(c1ccccc1)c1ccccc1)c1oc(C)nc21.CCOO.Cc1nc2c3c(cc(N=C(c4ccccc4)c4ccccc4)c2o1)N(C(=O)OC(C)(C)C)CC3CCl.Cc1nc2c3c(cc(O)c2o1)N(C(=O)OC(C)(C)C)CC3CCl.Cc1nc2c3c(cc(OS(=O)(=O)C(F)(F)F)c2o1)N(C(=O)OC(C)(C)C)CC3CCl. The molecule has 0 spiro atoms. The molecule has 760 valence electrons. The van der Waals surface area contributed by atoms with Crippen molar-refractivity contribution < 1.29 is 101 Å². The van der Waals surface area contributed by atoms with Gasteiger partial charge in [0.1, 0.15) is 55.8 Å². The highest BCUT2D eigenvalue weighted by atomic mass is 35.5. The lowest BCUT2D eigenvalue weighted by Gasteiger charge is -2.25. The van der Waals surface area contributed by atoms with Crippen molar-refractivity contribution in [2.45, 2.75) is 170 Å². The summed E-state index contributed by atoms with van der Waals surface area (Å²) in [7, 11) is -5.98. The van der Waals surface area contributed by atoms with Crippen LogP contribution in [0.3, 0.4) is 0 Å². The predicted octanol–water partition coefficient (Wildman–Crippen LogP) is 24.6. The third-order valence-corrected chi connectivity index (χ3v) is 26.0. The van der Waals surface area contributed by atoms with Crippen molar-refractivity contribution in [1.82, 2.24) is 24.9 Å². The standard InChI is InChI=1S/C29H28ClN3O3.C26H22ClN3O2.C17H18ClF3N2O6S.C16H19ClN2O4.C13H14ClN3O2.C2H6O2/c1-18-31-26-24-21(16-30)17-33(28(34)36-29(2,3)4)23(24)15-22(27(26)35-18)32-25(19-11-7-5-8-12-19)20-13-9-6-10-14-20;1-16-28-25-23-20(14-27)15-30(17(2)31)22(23)13-21(26(25)32-16)29-24(18-9-5-3-6-10-18)19-11-7-4-8-12-19;1-8-22-13-12-9(6-18)7-23(15(24)28-16(2,3)4)10(12)5-11(14(13)27-8)29-30(25,26)17(19,20)21;1-8-18-13-12-9(6-17)7-19(15(21)23-16(2,3)4)10(12)5-11(20)14(13)22-8;1-6-16-12-11-8(4-14)5-17(7(2)18)10(11)3-9(15)13(12)19-6;1-2-4-3/h5-15,21H,16-17H2,1-4H3;3-13,20H,14-15H2,1-2H3;5,9H,6-7H2,1-4H3;5,9,20H,6-7H2,1-4H3;3,8H,4-5,15H2,1-2H3;3H,2H2,1H3. The minimum absolute atomic E-state index is 0.00307. The molecule has 0 fully saturated rings. The summed E-state index contributed by atoms with van der Waals surface area (Å²) < 4.78 is 111. The first-order valence-corrected chi connectivity index (χ1v) is 49.9. The smallest absolute Gasteiger partial charge is 0.504 e. The number of ether oxygens (including phenoxy) is 3. The highest BCUT2D eigenvalue weighted by Gasteiger charge is 2.51. The number of benzene rings is 9. The van der Waals surface area contributed by atoms with E-state index in [1.165, 1.54) is 24.8 Å². The summed E-state index contributed by atoms with van der Waals surface area (Å²) in [5.74, 6) is 2.33. The summed E-state index contributed by atoms with van der Waals surface area (Å²) in [6, 6.07) is 48.2.